The lowest BCUT2D eigenvalue weighted by atomic mass is 10.1. The van der Waals surface area contributed by atoms with Crippen LogP contribution in [0.3, 0.4) is 0 Å². The number of carbonyl (C=O) groups is 1. The molecule has 1 N–H and O–H groups in total. The van der Waals surface area contributed by atoms with Crippen molar-refractivity contribution in [2.75, 3.05) is 7.11 Å². The number of hydrogen-bond donors (Lipinski definition) is 1. The molecule has 4 heteroatoms. The van der Waals surface area contributed by atoms with E-state index in [0.717, 1.165) is 22.4 Å². The topological polar surface area (TPSA) is 51.2 Å². The van der Waals surface area contributed by atoms with E-state index in [2.05, 4.69) is 10.3 Å². The van der Waals surface area contributed by atoms with Crippen LogP contribution in [0.5, 0.6) is 5.75 Å². The number of carbonyl (C=O) groups excluding carboxylic acids is 1. The summed E-state index contributed by atoms with van der Waals surface area (Å²) in [4.78, 5) is 16.5. The molecule has 0 saturated heterocycles. The minimum Gasteiger partial charge on any atom is -0.497 e. The smallest absolute Gasteiger partial charge is 0.253 e. The number of nitrogens with one attached hydrogen (secondary N) is 1. The predicted octanol–water partition coefficient (Wildman–Crippen LogP) is 3.69. The third-order valence-electron chi connectivity index (χ3n) is 3.72. The van der Waals surface area contributed by atoms with Gasteiger partial charge in [-0.05, 0) is 29.3 Å². The lowest BCUT2D eigenvalue weighted by Gasteiger charge is -2.08. The SMILES string of the molecule is COc1ccc(CNC(=O)c2cncc(-c3ccccc3)c2)cc1. The van der Waals surface area contributed by atoms with E-state index in [9.17, 15) is 4.79 Å². The van der Waals surface area contributed by atoms with Gasteiger partial charge >= 0.3 is 0 Å². The van der Waals surface area contributed by atoms with Crippen molar-refractivity contribution in [1.82, 2.24) is 10.3 Å². The Morgan fingerprint density at radius 3 is 2.46 bits per heavy atom. The zero-order chi connectivity index (χ0) is 16.8. The van der Waals surface area contributed by atoms with E-state index in [1.54, 1.807) is 19.5 Å². The number of ether oxygens (including phenoxy) is 1. The quantitative estimate of drug-likeness (QED) is 0.780. The molecule has 1 amide bonds. The van der Waals surface area contributed by atoms with Crippen LogP contribution in [0.4, 0.5) is 0 Å². The molecule has 0 radical (unpaired) electrons. The minimum absolute atomic E-state index is 0.143. The number of nitrogens with zero attached hydrogens (tertiary/aromatic N) is 1. The number of rotatable bonds is 5. The average Bonchev–Trinajstić information content (AvgIpc) is 2.67. The Morgan fingerprint density at radius 1 is 1.00 bits per heavy atom. The Kier molecular flexibility index (Phi) is 4.87. The molecule has 0 aliphatic heterocycles. The van der Waals surface area contributed by atoms with E-state index >= 15 is 0 Å². The molecule has 0 saturated carbocycles. The van der Waals surface area contributed by atoms with Gasteiger partial charge in [0.2, 0.25) is 0 Å². The van der Waals surface area contributed by atoms with Crippen LogP contribution in [0.25, 0.3) is 11.1 Å². The normalized spacial score (nSPS) is 10.2. The number of aromatic nitrogens is 1. The lowest BCUT2D eigenvalue weighted by molar-refractivity contribution is 0.0950. The molecular formula is C20H18N2O2. The summed E-state index contributed by atoms with van der Waals surface area (Å²) >= 11 is 0. The summed E-state index contributed by atoms with van der Waals surface area (Å²) in [5.74, 6) is 0.654. The van der Waals surface area contributed by atoms with Gasteiger partial charge in [0.1, 0.15) is 5.75 Å². The highest BCUT2D eigenvalue weighted by molar-refractivity contribution is 5.95. The molecule has 0 fully saturated rings. The summed E-state index contributed by atoms with van der Waals surface area (Å²) in [7, 11) is 1.63. The highest BCUT2D eigenvalue weighted by atomic mass is 16.5. The second-order valence-electron chi connectivity index (χ2n) is 5.36. The average molecular weight is 318 g/mol. The second kappa shape index (κ2) is 7.42. The van der Waals surface area contributed by atoms with Gasteiger partial charge in [-0.1, -0.05) is 42.5 Å². The third kappa shape index (κ3) is 3.79. The van der Waals surface area contributed by atoms with E-state index < -0.39 is 0 Å². The molecule has 1 heterocycles. The molecule has 0 aliphatic carbocycles. The van der Waals surface area contributed by atoms with Crippen molar-refractivity contribution in [3.8, 4) is 16.9 Å². The summed E-state index contributed by atoms with van der Waals surface area (Å²) in [5.41, 5.74) is 3.52. The van der Waals surface area contributed by atoms with Crippen LogP contribution in [0.1, 0.15) is 15.9 Å². The Labute approximate surface area is 141 Å². The summed E-state index contributed by atoms with van der Waals surface area (Å²) in [6.45, 7) is 0.457. The highest BCUT2D eigenvalue weighted by Crippen LogP contribution is 2.19. The van der Waals surface area contributed by atoms with E-state index in [-0.39, 0.29) is 5.91 Å². The maximum absolute atomic E-state index is 12.3. The molecular weight excluding hydrogens is 300 g/mol. The number of amides is 1. The van der Waals surface area contributed by atoms with Crippen LogP contribution >= 0.6 is 0 Å². The standard InChI is InChI=1S/C20H18N2O2/c1-24-19-9-7-15(8-10-19)12-22-20(23)18-11-17(13-21-14-18)16-5-3-2-4-6-16/h2-11,13-14H,12H2,1H3,(H,22,23). The first-order chi connectivity index (χ1) is 11.8. The Bertz CT molecular complexity index is 815. The fourth-order valence-corrected chi connectivity index (χ4v) is 2.38. The van der Waals surface area contributed by atoms with E-state index in [1.807, 2.05) is 60.7 Å². The molecule has 0 bridgehead atoms. The maximum Gasteiger partial charge on any atom is 0.253 e. The molecule has 0 spiro atoms. The van der Waals surface area contributed by atoms with E-state index in [4.69, 9.17) is 4.74 Å². The fraction of sp³-hybridized carbons (Fsp3) is 0.100. The van der Waals surface area contributed by atoms with Crippen molar-refractivity contribution >= 4 is 5.91 Å². The molecule has 120 valence electrons. The van der Waals surface area contributed by atoms with Gasteiger partial charge in [-0.3, -0.25) is 9.78 Å². The summed E-state index contributed by atoms with van der Waals surface area (Å²) in [6, 6.07) is 19.3. The van der Waals surface area contributed by atoms with Gasteiger partial charge in [-0.25, -0.2) is 0 Å². The van der Waals surface area contributed by atoms with Crippen LogP contribution in [-0.2, 0) is 6.54 Å². The molecule has 0 aliphatic rings. The van der Waals surface area contributed by atoms with Gasteiger partial charge < -0.3 is 10.1 Å². The van der Waals surface area contributed by atoms with Crippen molar-refractivity contribution in [2.45, 2.75) is 6.54 Å². The zero-order valence-corrected chi connectivity index (χ0v) is 13.4. The Hall–Kier alpha value is -3.14. The molecule has 2 aromatic carbocycles. The van der Waals surface area contributed by atoms with Crippen molar-refractivity contribution < 1.29 is 9.53 Å². The largest absolute Gasteiger partial charge is 0.497 e. The van der Waals surface area contributed by atoms with Crippen molar-refractivity contribution in [1.29, 1.82) is 0 Å². The molecule has 0 unspecified atom stereocenters. The number of methoxy groups -OCH3 is 1. The molecule has 4 nitrogen and oxygen atoms in total. The van der Waals surface area contributed by atoms with Crippen LogP contribution in [0, 0.1) is 0 Å². The molecule has 3 rings (SSSR count). The number of benzene rings is 2. The summed E-state index contributed by atoms with van der Waals surface area (Å²) in [6.07, 6.45) is 3.34. The predicted molar refractivity (Wildman–Crippen MR) is 93.8 cm³/mol. The summed E-state index contributed by atoms with van der Waals surface area (Å²) < 4.78 is 5.12. The Morgan fingerprint density at radius 2 is 1.75 bits per heavy atom. The van der Waals surface area contributed by atoms with Crippen molar-refractivity contribution in [3.63, 3.8) is 0 Å². The van der Waals surface area contributed by atoms with Gasteiger partial charge in [0.15, 0.2) is 0 Å². The second-order valence-corrected chi connectivity index (χ2v) is 5.36. The Balaban J connectivity index is 1.68. The number of pyridine rings is 1. The van der Waals surface area contributed by atoms with Crippen LogP contribution < -0.4 is 10.1 Å². The molecule has 0 atom stereocenters. The highest BCUT2D eigenvalue weighted by Gasteiger charge is 2.08. The maximum atomic E-state index is 12.3. The van der Waals surface area contributed by atoms with Gasteiger partial charge in [0, 0.05) is 24.5 Å². The van der Waals surface area contributed by atoms with E-state index in [1.165, 1.54) is 0 Å². The fourth-order valence-electron chi connectivity index (χ4n) is 2.38. The molecule has 24 heavy (non-hydrogen) atoms. The van der Waals surface area contributed by atoms with E-state index in [0.29, 0.717) is 12.1 Å². The van der Waals surface area contributed by atoms with Crippen LogP contribution in [-0.4, -0.2) is 18.0 Å². The first kappa shape index (κ1) is 15.7. The zero-order valence-electron chi connectivity index (χ0n) is 13.4. The summed E-state index contributed by atoms with van der Waals surface area (Å²) in [5, 5.41) is 2.91. The minimum atomic E-state index is -0.143. The van der Waals surface area contributed by atoms with Crippen LogP contribution in [0.2, 0.25) is 0 Å². The lowest BCUT2D eigenvalue weighted by Crippen LogP contribution is -2.22. The van der Waals surface area contributed by atoms with Crippen molar-refractivity contribution in [2.24, 2.45) is 0 Å². The van der Waals surface area contributed by atoms with Gasteiger partial charge in [0.25, 0.3) is 5.91 Å². The first-order valence-electron chi connectivity index (χ1n) is 7.68. The molecule has 1 aromatic heterocycles. The van der Waals surface area contributed by atoms with Gasteiger partial charge in [0.05, 0.1) is 12.7 Å². The van der Waals surface area contributed by atoms with Gasteiger partial charge in [-0.2, -0.15) is 0 Å². The number of hydrogen-bond acceptors (Lipinski definition) is 3. The monoisotopic (exact) mass is 318 g/mol. The van der Waals surface area contributed by atoms with Crippen LogP contribution in [0.15, 0.2) is 73.1 Å². The van der Waals surface area contributed by atoms with Gasteiger partial charge in [-0.15, -0.1) is 0 Å². The third-order valence-corrected chi connectivity index (χ3v) is 3.72. The first-order valence-corrected chi connectivity index (χ1v) is 7.68. The van der Waals surface area contributed by atoms with Crippen molar-refractivity contribution in [3.05, 3.63) is 84.2 Å². The molecule has 3 aromatic rings.